The molecule has 1 unspecified atom stereocenters. The number of benzene rings is 1. The Kier molecular flexibility index (Phi) is 4.52. The first-order valence-electron chi connectivity index (χ1n) is 6.10. The minimum absolute atomic E-state index is 0.0866. The van der Waals surface area contributed by atoms with Crippen LogP contribution in [-0.2, 0) is 14.3 Å². The average molecular weight is 282 g/mol. The zero-order valence-corrected chi connectivity index (χ0v) is 11.0. The van der Waals surface area contributed by atoms with Crippen LogP contribution in [0.1, 0.15) is 0 Å². The number of carbonyl (C=O) groups is 2. The third-order valence-corrected chi connectivity index (χ3v) is 2.94. The fourth-order valence-corrected chi connectivity index (χ4v) is 1.94. The number of hydrogen-bond acceptors (Lipinski definition) is 4. The van der Waals surface area contributed by atoms with Gasteiger partial charge in [0, 0.05) is 12.2 Å². The van der Waals surface area contributed by atoms with E-state index in [0.717, 1.165) is 0 Å². The number of amides is 2. The quantitative estimate of drug-likeness (QED) is 0.828. The number of anilines is 1. The number of urea groups is 1. The second-order valence-electron chi connectivity index (χ2n) is 4.25. The molecule has 6 nitrogen and oxygen atoms in total. The van der Waals surface area contributed by atoms with Gasteiger partial charge < -0.3 is 19.7 Å². The van der Waals surface area contributed by atoms with Crippen LogP contribution in [0.4, 0.5) is 14.9 Å². The van der Waals surface area contributed by atoms with Crippen molar-refractivity contribution in [3.63, 3.8) is 0 Å². The predicted molar refractivity (Wildman–Crippen MR) is 68.7 cm³/mol. The number of ether oxygens (including phenoxy) is 2. The molecular formula is C13H15FN2O4. The first-order chi connectivity index (χ1) is 9.61. The molecule has 1 heterocycles. The normalized spacial score (nSPS) is 18.5. The second kappa shape index (κ2) is 6.33. The summed E-state index contributed by atoms with van der Waals surface area (Å²) < 4.78 is 22.9. The topological polar surface area (TPSA) is 67.9 Å². The van der Waals surface area contributed by atoms with E-state index in [9.17, 15) is 14.0 Å². The van der Waals surface area contributed by atoms with E-state index in [-0.39, 0.29) is 13.2 Å². The largest absolute Gasteiger partial charge is 0.467 e. The maximum atomic E-state index is 13.1. The summed E-state index contributed by atoms with van der Waals surface area (Å²) in [4.78, 5) is 25.1. The van der Waals surface area contributed by atoms with E-state index in [1.807, 2.05) is 0 Å². The minimum Gasteiger partial charge on any atom is -0.467 e. The van der Waals surface area contributed by atoms with Crippen LogP contribution in [-0.4, -0.2) is 49.8 Å². The van der Waals surface area contributed by atoms with E-state index in [0.29, 0.717) is 12.3 Å². The predicted octanol–water partition coefficient (Wildman–Crippen LogP) is 1.23. The van der Waals surface area contributed by atoms with Gasteiger partial charge in [0.15, 0.2) is 6.04 Å². The Morgan fingerprint density at radius 1 is 1.50 bits per heavy atom. The summed E-state index contributed by atoms with van der Waals surface area (Å²) in [7, 11) is 1.25. The summed E-state index contributed by atoms with van der Waals surface area (Å²) in [5.74, 6) is -0.992. The lowest BCUT2D eigenvalue weighted by Crippen LogP contribution is -2.54. The molecule has 1 saturated heterocycles. The van der Waals surface area contributed by atoms with Gasteiger partial charge in [-0.25, -0.2) is 14.0 Å². The molecule has 0 aliphatic carbocycles. The Balaban J connectivity index is 2.08. The molecule has 1 atom stereocenters. The maximum Gasteiger partial charge on any atom is 0.331 e. The van der Waals surface area contributed by atoms with Crippen molar-refractivity contribution in [2.75, 3.05) is 32.2 Å². The number of esters is 1. The van der Waals surface area contributed by atoms with E-state index in [1.54, 1.807) is 6.07 Å². The molecule has 20 heavy (non-hydrogen) atoms. The van der Waals surface area contributed by atoms with Gasteiger partial charge in [0.25, 0.3) is 0 Å². The molecule has 1 aliphatic rings. The average Bonchev–Trinajstić information content (AvgIpc) is 2.46. The van der Waals surface area contributed by atoms with Gasteiger partial charge in [-0.1, -0.05) is 6.07 Å². The van der Waals surface area contributed by atoms with Gasteiger partial charge in [0.2, 0.25) is 0 Å². The number of rotatable bonds is 2. The number of methoxy groups -OCH3 is 1. The van der Waals surface area contributed by atoms with Crippen molar-refractivity contribution in [1.29, 1.82) is 0 Å². The highest BCUT2D eigenvalue weighted by Crippen LogP contribution is 2.14. The van der Waals surface area contributed by atoms with Gasteiger partial charge in [0.1, 0.15) is 5.82 Å². The molecule has 0 spiro atoms. The Bertz CT molecular complexity index is 509. The summed E-state index contributed by atoms with van der Waals surface area (Å²) in [5, 5.41) is 2.55. The second-order valence-corrected chi connectivity index (χ2v) is 4.25. The Morgan fingerprint density at radius 2 is 2.30 bits per heavy atom. The standard InChI is InChI=1S/C13H15FN2O4/c1-19-12(17)11-8-20-6-5-16(11)13(18)15-10-4-2-3-9(14)7-10/h2-4,7,11H,5-6,8H2,1H3,(H,15,18). The molecule has 0 aromatic heterocycles. The first-order valence-corrected chi connectivity index (χ1v) is 6.10. The van der Waals surface area contributed by atoms with Gasteiger partial charge >= 0.3 is 12.0 Å². The molecule has 0 saturated carbocycles. The highest BCUT2D eigenvalue weighted by molar-refractivity contribution is 5.92. The summed E-state index contributed by atoms with van der Waals surface area (Å²) in [6.07, 6.45) is 0. The Hall–Kier alpha value is -2.15. The molecule has 1 N–H and O–H groups in total. The smallest absolute Gasteiger partial charge is 0.331 e. The molecule has 0 bridgehead atoms. The van der Waals surface area contributed by atoms with E-state index < -0.39 is 23.9 Å². The van der Waals surface area contributed by atoms with Gasteiger partial charge in [-0.3, -0.25) is 0 Å². The van der Waals surface area contributed by atoms with Crippen molar-refractivity contribution in [2.24, 2.45) is 0 Å². The van der Waals surface area contributed by atoms with Gasteiger partial charge in [-0.15, -0.1) is 0 Å². The fraction of sp³-hybridized carbons (Fsp3) is 0.385. The molecule has 0 radical (unpaired) electrons. The van der Waals surface area contributed by atoms with Crippen LogP contribution >= 0.6 is 0 Å². The van der Waals surface area contributed by atoms with Crippen LogP contribution < -0.4 is 5.32 Å². The number of nitrogens with zero attached hydrogens (tertiary/aromatic N) is 1. The summed E-state index contributed by atoms with van der Waals surface area (Å²) >= 11 is 0. The molecule has 1 aromatic rings. The molecule has 1 fully saturated rings. The number of hydrogen-bond donors (Lipinski definition) is 1. The lowest BCUT2D eigenvalue weighted by molar-refractivity contribution is -0.150. The summed E-state index contributed by atoms with van der Waals surface area (Å²) in [6, 6.07) is 4.25. The molecular weight excluding hydrogens is 267 g/mol. The van der Waals surface area contributed by atoms with Crippen LogP contribution in [0.15, 0.2) is 24.3 Å². The molecule has 108 valence electrons. The number of nitrogens with one attached hydrogen (secondary N) is 1. The van der Waals surface area contributed by atoms with Crippen molar-refractivity contribution in [1.82, 2.24) is 4.90 Å². The zero-order valence-electron chi connectivity index (χ0n) is 11.0. The SMILES string of the molecule is COC(=O)C1COCCN1C(=O)Nc1cccc(F)c1. The van der Waals surface area contributed by atoms with Crippen LogP contribution in [0.3, 0.4) is 0 Å². The third kappa shape index (κ3) is 3.24. The van der Waals surface area contributed by atoms with E-state index in [4.69, 9.17) is 4.74 Å². The molecule has 2 amide bonds. The third-order valence-electron chi connectivity index (χ3n) is 2.94. The Labute approximate surface area is 115 Å². The van der Waals surface area contributed by atoms with Crippen LogP contribution in [0, 0.1) is 5.82 Å². The highest BCUT2D eigenvalue weighted by atomic mass is 19.1. The number of carbonyl (C=O) groups excluding carboxylic acids is 2. The van der Waals surface area contributed by atoms with Gasteiger partial charge in [0.05, 0.1) is 20.3 Å². The number of halogens is 1. The molecule has 7 heteroatoms. The number of morpholine rings is 1. The van der Waals surface area contributed by atoms with Crippen molar-refractivity contribution in [2.45, 2.75) is 6.04 Å². The minimum atomic E-state index is -0.790. The van der Waals surface area contributed by atoms with Gasteiger partial charge in [-0.2, -0.15) is 0 Å². The van der Waals surface area contributed by atoms with Crippen molar-refractivity contribution in [3.8, 4) is 0 Å². The van der Waals surface area contributed by atoms with Crippen molar-refractivity contribution in [3.05, 3.63) is 30.1 Å². The Morgan fingerprint density at radius 3 is 3.00 bits per heavy atom. The van der Waals surface area contributed by atoms with Crippen LogP contribution in [0.5, 0.6) is 0 Å². The molecule has 2 rings (SSSR count). The zero-order chi connectivity index (χ0) is 14.5. The summed E-state index contributed by atoms with van der Waals surface area (Å²) in [5.41, 5.74) is 0.324. The lowest BCUT2D eigenvalue weighted by atomic mass is 10.2. The highest BCUT2D eigenvalue weighted by Gasteiger charge is 2.33. The van der Waals surface area contributed by atoms with Crippen molar-refractivity contribution >= 4 is 17.7 Å². The first kappa shape index (κ1) is 14.3. The molecule has 1 aromatic carbocycles. The fourth-order valence-electron chi connectivity index (χ4n) is 1.94. The van der Waals surface area contributed by atoms with E-state index in [2.05, 4.69) is 10.1 Å². The maximum absolute atomic E-state index is 13.1. The van der Waals surface area contributed by atoms with Crippen LogP contribution in [0.25, 0.3) is 0 Å². The monoisotopic (exact) mass is 282 g/mol. The van der Waals surface area contributed by atoms with E-state index >= 15 is 0 Å². The lowest BCUT2D eigenvalue weighted by Gasteiger charge is -2.33. The van der Waals surface area contributed by atoms with Gasteiger partial charge in [-0.05, 0) is 18.2 Å². The molecule has 1 aliphatic heterocycles. The van der Waals surface area contributed by atoms with E-state index in [1.165, 1.54) is 30.2 Å². The summed E-state index contributed by atoms with van der Waals surface area (Å²) in [6.45, 7) is 0.689. The van der Waals surface area contributed by atoms with Crippen LogP contribution in [0.2, 0.25) is 0 Å². The van der Waals surface area contributed by atoms with Crippen molar-refractivity contribution < 1.29 is 23.5 Å².